The third-order valence-corrected chi connectivity index (χ3v) is 2.14. The van der Waals surface area contributed by atoms with Crippen molar-refractivity contribution in [2.24, 2.45) is 0 Å². The van der Waals surface area contributed by atoms with E-state index in [0.29, 0.717) is 6.61 Å². The normalized spacial score (nSPS) is 11.9. The predicted octanol–water partition coefficient (Wildman–Crippen LogP) is -0.236. The van der Waals surface area contributed by atoms with Crippen LogP contribution in [0, 0.1) is 0 Å². The maximum Gasteiger partial charge on any atom is 0.329 e. The Balaban J connectivity index is 3.67. The summed E-state index contributed by atoms with van der Waals surface area (Å²) in [6.07, 6.45) is 0. The number of carboxylic acids is 1. The number of amides is 2. The Morgan fingerprint density at radius 2 is 2.12 bits per heavy atom. The third kappa shape index (κ3) is 7.53. The summed E-state index contributed by atoms with van der Waals surface area (Å²) >= 11 is 0. The number of hydrogen-bond donors (Lipinski definition) is 2. The molecule has 1 unspecified atom stereocenters. The van der Waals surface area contributed by atoms with Gasteiger partial charge in [-0.05, 0) is 6.92 Å². The fourth-order valence-corrected chi connectivity index (χ4v) is 1.07. The molecule has 0 heterocycles. The molecule has 0 radical (unpaired) electrons. The lowest BCUT2D eigenvalue weighted by Gasteiger charge is -2.24. The maximum absolute atomic E-state index is 11.5. The van der Waals surface area contributed by atoms with E-state index in [1.54, 1.807) is 14.2 Å². The van der Waals surface area contributed by atoms with Crippen molar-refractivity contribution in [2.75, 3.05) is 40.5 Å². The van der Waals surface area contributed by atoms with Crippen molar-refractivity contribution >= 4 is 12.0 Å². The number of urea groups is 1. The molecule has 0 saturated carbocycles. The van der Waals surface area contributed by atoms with Crippen molar-refractivity contribution in [3.8, 4) is 0 Å². The van der Waals surface area contributed by atoms with Gasteiger partial charge in [0.25, 0.3) is 0 Å². The first-order valence-electron chi connectivity index (χ1n) is 5.28. The van der Waals surface area contributed by atoms with Gasteiger partial charge in [-0.15, -0.1) is 0 Å². The van der Waals surface area contributed by atoms with Crippen LogP contribution in [0.4, 0.5) is 4.79 Å². The highest BCUT2D eigenvalue weighted by Crippen LogP contribution is 1.95. The van der Waals surface area contributed by atoms with Crippen molar-refractivity contribution in [3.05, 3.63) is 0 Å². The summed E-state index contributed by atoms with van der Waals surface area (Å²) in [6.45, 7) is 2.41. The number of carbonyl (C=O) groups excluding carboxylic acids is 1. The van der Waals surface area contributed by atoms with Crippen molar-refractivity contribution in [1.82, 2.24) is 10.2 Å². The Kier molecular flexibility index (Phi) is 8.08. The molecule has 0 aliphatic carbocycles. The Bertz CT molecular complexity index is 247. The van der Waals surface area contributed by atoms with Gasteiger partial charge in [0.15, 0.2) is 0 Å². The van der Waals surface area contributed by atoms with Gasteiger partial charge in [0.2, 0.25) is 0 Å². The van der Waals surface area contributed by atoms with Gasteiger partial charge < -0.3 is 24.8 Å². The quantitative estimate of drug-likeness (QED) is 0.579. The van der Waals surface area contributed by atoms with E-state index in [2.05, 4.69) is 5.32 Å². The van der Waals surface area contributed by atoms with E-state index in [-0.39, 0.29) is 31.8 Å². The van der Waals surface area contributed by atoms with E-state index in [1.165, 1.54) is 4.90 Å². The maximum atomic E-state index is 11.5. The van der Waals surface area contributed by atoms with Crippen LogP contribution in [0.5, 0.6) is 0 Å². The van der Waals surface area contributed by atoms with Crippen LogP contribution in [0.2, 0.25) is 0 Å². The molecule has 1 atom stereocenters. The van der Waals surface area contributed by atoms with Crippen LogP contribution in [-0.4, -0.2) is 68.6 Å². The van der Waals surface area contributed by atoms with Crippen molar-refractivity contribution in [1.29, 1.82) is 0 Å². The number of rotatable bonds is 8. The molecule has 0 bridgehead atoms. The molecular weight excluding hydrogens is 228 g/mol. The summed E-state index contributed by atoms with van der Waals surface area (Å²) in [5.74, 6) is -1.03. The van der Waals surface area contributed by atoms with Crippen LogP contribution in [0.15, 0.2) is 0 Å². The number of carboxylic acid groups (broad SMARTS) is 1. The van der Waals surface area contributed by atoms with Crippen molar-refractivity contribution < 1.29 is 24.2 Å². The van der Waals surface area contributed by atoms with Gasteiger partial charge in [-0.3, -0.25) is 0 Å². The standard InChI is InChI=1S/C10H20N2O5/c1-8(6-16-3)12(2)10(15)11-4-5-17-7-9(13)14/h8H,4-7H2,1-3H3,(H,11,15)(H,13,14). The van der Waals surface area contributed by atoms with Crippen LogP contribution in [0.3, 0.4) is 0 Å². The Morgan fingerprint density at radius 1 is 1.47 bits per heavy atom. The van der Waals surface area contributed by atoms with Gasteiger partial charge in [-0.1, -0.05) is 0 Å². The highest BCUT2D eigenvalue weighted by molar-refractivity contribution is 5.74. The molecule has 0 spiro atoms. The topological polar surface area (TPSA) is 88.1 Å². The first-order valence-corrected chi connectivity index (χ1v) is 5.28. The smallest absolute Gasteiger partial charge is 0.329 e. The van der Waals surface area contributed by atoms with Crippen molar-refractivity contribution in [3.63, 3.8) is 0 Å². The molecule has 0 aromatic rings. The molecule has 0 saturated heterocycles. The van der Waals surface area contributed by atoms with E-state index in [4.69, 9.17) is 14.6 Å². The number of hydrogen-bond acceptors (Lipinski definition) is 4. The number of ether oxygens (including phenoxy) is 2. The van der Waals surface area contributed by atoms with E-state index in [0.717, 1.165) is 0 Å². The Hall–Kier alpha value is -1.34. The highest BCUT2D eigenvalue weighted by Gasteiger charge is 2.14. The molecule has 100 valence electrons. The average Bonchev–Trinajstić information content (AvgIpc) is 2.27. The summed E-state index contributed by atoms with van der Waals surface area (Å²) in [6, 6.07) is -0.270. The molecular formula is C10H20N2O5. The minimum atomic E-state index is -1.03. The van der Waals surface area contributed by atoms with E-state index in [9.17, 15) is 9.59 Å². The van der Waals surface area contributed by atoms with Crippen LogP contribution >= 0.6 is 0 Å². The van der Waals surface area contributed by atoms with E-state index >= 15 is 0 Å². The zero-order valence-corrected chi connectivity index (χ0v) is 10.4. The number of nitrogens with one attached hydrogen (secondary N) is 1. The average molecular weight is 248 g/mol. The summed E-state index contributed by atoms with van der Waals surface area (Å²) in [5.41, 5.74) is 0. The second-order valence-electron chi connectivity index (χ2n) is 3.59. The lowest BCUT2D eigenvalue weighted by molar-refractivity contribution is -0.142. The number of nitrogens with zero attached hydrogens (tertiary/aromatic N) is 1. The van der Waals surface area contributed by atoms with E-state index < -0.39 is 5.97 Å². The molecule has 0 aliphatic heterocycles. The van der Waals surface area contributed by atoms with Gasteiger partial charge in [-0.25, -0.2) is 9.59 Å². The van der Waals surface area contributed by atoms with Crippen LogP contribution in [0.1, 0.15) is 6.92 Å². The Labute approximate surface area is 101 Å². The summed E-state index contributed by atoms with van der Waals surface area (Å²) in [7, 11) is 3.24. The Morgan fingerprint density at radius 3 is 2.65 bits per heavy atom. The molecule has 0 aromatic heterocycles. The molecule has 0 fully saturated rings. The number of aliphatic carboxylic acids is 1. The van der Waals surface area contributed by atoms with Gasteiger partial charge in [0.05, 0.1) is 19.3 Å². The minimum absolute atomic E-state index is 0.0278. The highest BCUT2D eigenvalue weighted by atomic mass is 16.5. The fraction of sp³-hybridized carbons (Fsp3) is 0.800. The second kappa shape index (κ2) is 8.77. The first kappa shape index (κ1) is 15.7. The van der Waals surface area contributed by atoms with Gasteiger partial charge in [0.1, 0.15) is 6.61 Å². The lowest BCUT2D eigenvalue weighted by atomic mass is 10.3. The van der Waals surface area contributed by atoms with Crippen molar-refractivity contribution in [2.45, 2.75) is 13.0 Å². The monoisotopic (exact) mass is 248 g/mol. The molecule has 7 heteroatoms. The number of methoxy groups -OCH3 is 1. The molecule has 2 N–H and O–H groups in total. The second-order valence-corrected chi connectivity index (χ2v) is 3.59. The largest absolute Gasteiger partial charge is 0.480 e. The summed E-state index contributed by atoms with van der Waals surface area (Å²) in [5, 5.41) is 10.9. The first-order chi connectivity index (χ1) is 7.99. The minimum Gasteiger partial charge on any atom is -0.480 e. The molecule has 2 amide bonds. The lowest BCUT2D eigenvalue weighted by Crippen LogP contribution is -2.45. The number of carbonyl (C=O) groups is 2. The van der Waals surface area contributed by atoms with Gasteiger partial charge >= 0.3 is 12.0 Å². The molecule has 0 rings (SSSR count). The summed E-state index contributed by atoms with van der Waals surface area (Å²) in [4.78, 5) is 23.2. The van der Waals surface area contributed by atoms with Crippen LogP contribution < -0.4 is 5.32 Å². The van der Waals surface area contributed by atoms with Gasteiger partial charge in [0, 0.05) is 20.7 Å². The molecule has 17 heavy (non-hydrogen) atoms. The van der Waals surface area contributed by atoms with E-state index in [1.807, 2.05) is 6.92 Å². The van der Waals surface area contributed by atoms with Crippen LogP contribution in [-0.2, 0) is 14.3 Å². The molecule has 7 nitrogen and oxygen atoms in total. The molecule has 0 aromatic carbocycles. The van der Waals surface area contributed by atoms with Crippen LogP contribution in [0.25, 0.3) is 0 Å². The van der Waals surface area contributed by atoms with Gasteiger partial charge in [-0.2, -0.15) is 0 Å². The third-order valence-electron chi connectivity index (χ3n) is 2.14. The molecule has 0 aliphatic rings. The zero-order chi connectivity index (χ0) is 13.3. The zero-order valence-electron chi connectivity index (χ0n) is 10.4. The fourth-order valence-electron chi connectivity index (χ4n) is 1.07. The predicted molar refractivity (Wildman–Crippen MR) is 61.0 cm³/mol. The summed E-state index contributed by atoms with van der Waals surface area (Å²) < 4.78 is 9.71. The SMILES string of the molecule is COCC(C)N(C)C(=O)NCCOCC(=O)O. The number of likely N-dealkylation sites (N-methyl/N-ethyl adjacent to an activating group) is 1.